The molecule has 1 aliphatic rings. The maximum Gasteiger partial charge on any atom is 0.211 e. The summed E-state index contributed by atoms with van der Waals surface area (Å²) in [5.41, 5.74) is 0. The molecule has 1 fully saturated rings. The van der Waals surface area contributed by atoms with E-state index in [0.29, 0.717) is 6.54 Å². The number of hydrogen-bond donors (Lipinski definition) is 0. The number of carbonyl (C=O) groups is 1. The van der Waals surface area contributed by atoms with E-state index >= 15 is 0 Å². The van der Waals surface area contributed by atoms with Gasteiger partial charge in [-0.15, -0.1) is 0 Å². The van der Waals surface area contributed by atoms with E-state index in [9.17, 15) is 4.79 Å². The lowest BCUT2D eigenvalue weighted by molar-refractivity contribution is -0.128. The summed E-state index contributed by atoms with van der Waals surface area (Å²) in [6.45, 7) is 5.18. The van der Waals surface area contributed by atoms with Crippen LogP contribution in [-0.2, 0) is 9.53 Å². The minimum Gasteiger partial charge on any atom is -0.358 e. The number of rotatable bonds is 4. The van der Waals surface area contributed by atoms with Crippen molar-refractivity contribution in [2.45, 2.75) is 25.5 Å². The first-order valence-electron chi connectivity index (χ1n) is 4.00. The Morgan fingerprint density at radius 1 is 1.73 bits per heavy atom. The van der Waals surface area contributed by atoms with E-state index in [1.807, 2.05) is 0 Å². The average molecular weight is 156 g/mol. The van der Waals surface area contributed by atoms with E-state index in [-0.39, 0.29) is 6.23 Å². The molecule has 3 nitrogen and oxygen atoms in total. The van der Waals surface area contributed by atoms with Gasteiger partial charge in [0.2, 0.25) is 6.41 Å². The van der Waals surface area contributed by atoms with Gasteiger partial charge in [-0.05, 0) is 19.3 Å². The zero-order chi connectivity index (χ0) is 8.10. The number of ether oxygens (including phenoxy) is 1. The van der Waals surface area contributed by atoms with Crippen LogP contribution in [0.2, 0.25) is 0 Å². The van der Waals surface area contributed by atoms with Gasteiger partial charge in [-0.3, -0.25) is 4.79 Å². The smallest absolute Gasteiger partial charge is 0.211 e. The average Bonchev–Trinajstić information content (AvgIpc) is 2.52. The Bertz CT molecular complexity index is 121. The van der Waals surface area contributed by atoms with Crippen LogP contribution in [0.3, 0.4) is 0 Å². The van der Waals surface area contributed by atoms with Crippen molar-refractivity contribution >= 4 is 6.41 Å². The van der Waals surface area contributed by atoms with Crippen molar-refractivity contribution in [2.24, 2.45) is 0 Å². The third-order valence-corrected chi connectivity index (χ3v) is 1.83. The molecular formula is C8H14NO2. The molecule has 11 heavy (non-hydrogen) atoms. The first kappa shape index (κ1) is 8.53. The molecule has 63 valence electrons. The Hall–Kier alpha value is -0.570. The van der Waals surface area contributed by atoms with Crippen molar-refractivity contribution in [1.82, 2.24) is 4.90 Å². The Morgan fingerprint density at radius 3 is 3.00 bits per heavy atom. The minimum atomic E-state index is 0.0225. The second-order valence-electron chi connectivity index (χ2n) is 2.66. The molecule has 0 spiro atoms. The lowest BCUT2D eigenvalue weighted by Gasteiger charge is -2.22. The molecule has 0 N–H and O–H groups in total. The molecule has 1 atom stereocenters. The highest BCUT2D eigenvalue weighted by Crippen LogP contribution is 2.14. The normalized spacial score (nSPS) is 23.5. The maximum atomic E-state index is 10.5. The summed E-state index contributed by atoms with van der Waals surface area (Å²) in [5, 5.41) is 0. The fraction of sp³-hybridized carbons (Fsp3) is 0.750. The van der Waals surface area contributed by atoms with Crippen molar-refractivity contribution in [1.29, 1.82) is 0 Å². The van der Waals surface area contributed by atoms with Gasteiger partial charge in [0.1, 0.15) is 6.23 Å². The van der Waals surface area contributed by atoms with Crippen LogP contribution in [0.5, 0.6) is 0 Å². The standard InChI is InChI=1S/C8H14NO2/c1-2-5-9(7-10)8-4-3-6-11-8/h7-8H,1-6H2. The quantitative estimate of drug-likeness (QED) is 0.563. The Labute approximate surface area is 67.3 Å². The van der Waals surface area contributed by atoms with Gasteiger partial charge in [0.25, 0.3) is 0 Å². The molecule has 0 aromatic carbocycles. The summed E-state index contributed by atoms with van der Waals surface area (Å²) in [6.07, 6.45) is 3.65. The first-order chi connectivity index (χ1) is 5.38. The summed E-state index contributed by atoms with van der Waals surface area (Å²) < 4.78 is 5.33. The van der Waals surface area contributed by atoms with Crippen molar-refractivity contribution in [3.05, 3.63) is 6.92 Å². The van der Waals surface area contributed by atoms with Gasteiger partial charge in [-0.2, -0.15) is 0 Å². The third kappa shape index (κ3) is 2.19. The van der Waals surface area contributed by atoms with Crippen LogP contribution in [-0.4, -0.2) is 30.7 Å². The molecule has 1 heterocycles. The SMILES string of the molecule is [CH2]CCN(C=O)C1CCCO1. The van der Waals surface area contributed by atoms with Gasteiger partial charge in [-0.1, -0.05) is 6.92 Å². The van der Waals surface area contributed by atoms with Crippen molar-refractivity contribution < 1.29 is 9.53 Å². The Kier molecular flexibility index (Phi) is 3.36. The second-order valence-corrected chi connectivity index (χ2v) is 2.66. The molecule has 0 saturated carbocycles. The van der Waals surface area contributed by atoms with E-state index in [0.717, 1.165) is 32.3 Å². The topological polar surface area (TPSA) is 29.5 Å². The molecule has 0 aromatic heterocycles. The lowest BCUT2D eigenvalue weighted by atomic mass is 10.3. The van der Waals surface area contributed by atoms with Gasteiger partial charge in [0, 0.05) is 13.2 Å². The molecule has 1 radical (unpaired) electrons. The zero-order valence-electron chi connectivity index (χ0n) is 6.66. The van der Waals surface area contributed by atoms with Crippen LogP contribution in [0.1, 0.15) is 19.3 Å². The minimum absolute atomic E-state index is 0.0225. The summed E-state index contributed by atoms with van der Waals surface area (Å²) in [6, 6.07) is 0. The van der Waals surface area contributed by atoms with E-state index in [2.05, 4.69) is 6.92 Å². The van der Waals surface area contributed by atoms with Crippen molar-refractivity contribution in [2.75, 3.05) is 13.2 Å². The fourth-order valence-corrected chi connectivity index (χ4v) is 1.27. The van der Waals surface area contributed by atoms with Crippen molar-refractivity contribution in [3.63, 3.8) is 0 Å². The van der Waals surface area contributed by atoms with Crippen LogP contribution < -0.4 is 0 Å². The molecule has 0 aliphatic carbocycles. The van der Waals surface area contributed by atoms with Crippen LogP contribution in [0.15, 0.2) is 0 Å². The van der Waals surface area contributed by atoms with E-state index < -0.39 is 0 Å². The van der Waals surface area contributed by atoms with Gasteiger partial charge in [0.05, 0.1) is 0 Å². The van der Waals surface area contributed by atoms with Crippen LogP contribution in [0, 0.1) is 6.92 Å². The van der Waals surface area contributed by atoms with E-state index in [1.54, 1.807) is 4.90 Å². The molecule has 1 amide bonds. The van der Waals surface area contributed by atoms with E-state index in [1.165, 1.54) is 0 Å². The summed E-state index contributed by atoms with van der Waals surface area (Å²) in [7, 11) is 0. The molecule has 1 rings (SSSR count). The maximum absolute atomic E-state index is 10.5. The molecular weight excluding hydrogens is 142 g/mol. The van der Waals surface area contributed by atoms with Crippen LogP contribution in [0.25, 0.3) is 0 Å². The highest BCUT2D eigenvalue weighted by molar-refractivity contribution is 5.47. The number of hydrogen-bond acceptors (Lipinski definition) is 2. The molecule has 3 heteroatoms. The number of nitrogens with zero attached hydrogens (tertiary/aromatic N) is 1. The summed E-state index contributed by atoms with van der Waals surface area (Å²) in [5.74, 6) is 0. The summed E-state index contributed by atoms with van der Waals surface area (Å²) >= 11 is 0. The molecule has 1 unspecified atom stereocenters. The molecule has 0 aromatic rings. The fourth-order valence-electron chi connectivity index (χ4n) is 1.27. The number of carbonyl (C=O) groups excluding carboxylic acids is 1. The zero-order valence-corrected chi connectivity index (χ0v) is 6.66. The van der Waals surface area contributed by atoms with Gasteiger partial charge < -0.3 is 9.64 Å². The highest BCUT2D eigenvalue weighted by atomic mass is 16.5. The van der Waals surface area contributed by atoms with Gasteiger partial charge in [0.15, 0.2) is 0 Å². The predicted molar refractivity (Wildman–Crippen MR) is 41.7 cm³/mol. The first-order valence-corrected chi connectivity index (χ1v) is 4.00. The Balaban J connectivity index is 2.33. The molecule has 1 saturated heterocycles. The lowest BCUT2D eigenvalue weighted by Crippen LogP contribution is -2.33. The van der Waals surface area contributed by atoms with Crippen molar-refractivity contribution in [3.8, 4) is 0 Å². The third-order valence-electron chi connectivity index (χ3n) is 1.83. The van der Waals surface area contributed by atoms with Gasteiger partial charge >= 0.3 is 0 Å². The van der Waals surface area contributed by atoms with Crippen LogP contribution in [0.4, 0.5) is 0 Å². The Morgan fingerprint density at radius 2 is 2.55 bits per heavy atom. The van der Waals surface area contributed by atoms with Gasteiger partial charge in [-0.25, -0.2) is 0 Å². The second kappa shape index (κ2) is 4.34. The predicted octanol–water partition coefficient (Wildman–Crippen LogP) is 0.805. The largest absolute Gasteiger partial charge is 0.358 e. The summed E-state index contributed by atoms with van der Waals surface area (Å²) in [4.78, 5) is 12.2. The molecule has 1 aliphatic heterocycles. The highest BCUT2D eigenvalue weighted by Gasteiger charge is 2.20. The van der Waals surface area contributed by atoms with Crippen LogP contribution >= 0.6 is 0 Å². The molecule has 0 bridgehead atoms. The van der Waals surface area contributed by atoms with E-state index in [4.69, 9.17) is 4.74 Å². The monoisotopic (exact) mass is 156 g/mol. The number of amides is 1.